The minimum absolute atomic E-state index is 0.252. The molecule has 0 amide bonds. The summed E-state index contributed by atoms with van der Waals surface area (Å²) in [6.45, 7) is 4.77. The van der Waals surface area contributed by atoms with Crippen molar-refractivity contribution in [2.45, 2.75) is 57.3 Å². The van der Waals surface area contributed by atoms with Crippen molar-refractivity contribution in [2.75, 3.05) is 26.4 Å². The average molecular weight is 257 g/mol. The molecule has 4 unspecified atom stereocenters. The first-order chi connectivity index (χ1) is 8.79. The van der Waals surface area contributed by atoms with Crippen LogP contribution in [-0.4, -0.2) is 49.7 Å². The van der Waals surface area contributed by atoms with Crippen LogP contribution in [0.25, 0.3) is 0 Å². The van der Waals surface area contributed by atoms with Gasteiger partial charge < -0.3 is 19.9 Å². The Morgan fingerprint density at radius 3 is 3.11 bits per heavy atom. The van der Waals surface area contributed by atoms with Crippen LogP contribution in [0.4, 0.5) is 0 Å². The molecule has 2 aliphatic rings. The van der Waals surface area contributed by atoms with Crippen molar-refractivity contribution < 1.29 is 14.6 Å². The van der Waals surface area contributed by atoms with Crippen molar-refractivity contribution in [1.29, 1.82) is 0 Å². The second-order valence-corrected chi connectivity index (χ2v) is 5.63. The van der Waals surface area contributed by atoms with Crippen LogP contribution in [0.2, 0.25) is 0 Å². The fourth-order valence-corrected chi connectivity index (χ4v) is 2.65. The van der Waals surface area contributed by atoms with Crippen LogP contribution in [0.15, 0.2) is 0 Å². The predicted molar refractivity (Wildman–Crippen MR) is 70.6 cm³/mol. The molecule has 0 aromatic rings. The largest absolute Gasteiger partial charge is 0.389 e. The fourth-order valence-electron chi connectivity index (χ4n) is 2.65. The van der Waals surface area contributed by atoms with E-state index in [9.17, 15) is 5.11 Å². The standard InChI is InChI=1S/C14H27NO3/c1-2-4-11-7-14(11)15-8-12(16)9-17-10-13-5-3-6-18-13/h11-16H,2-10H2,1H3. The molecule has 2 N–H and O–H groups in total. The minimum atomic E-state index is -0.394. The molecule has 2 fully saturated rings. The molecule has 2 rings (SSSR count). The average Bonchev–Trinajstić information content (AvgIpc) is 2.88. The van der Waals surface area contributed by atoms with Gasteiger partial charge in [0.15, 0.2) is 0 Å². The summed E-state index contributed by atoms with van der Waals surface area (Å²) < 4.78 is 11.0. The Bertz CT molecular complexity index is 231. The zero-order valence-corrected chi connectivity index (χ0v) is 11.4. The number of hydrogen-bond donors (Lipinski definition) is 2. The molecule has 1 saturated heterocycles. The minimum Gasteiger partial charge on any atom is -0.389 e. The molecule has 1 heterocycles. The second kappa shape index (κ2) is 7.43. The Balaban J connectivity index is 1.44. The van der Waals surface area contributed by atoms with Crippen molar-refractivity contribution in [1.82, 2.24) is 5.32 Å². The lowest BCUT2D eigenvalue weighted by Crippen LogP contribution is -2.33. The smallest absolute Gasteiger partial charge is 0.0897 e. The van der Waals surface area contributed by atoms with Gasteiger partial charge in [0.2, 0.25) is 0 Å². The Hall–Kier alpha value is -0.160. The third-order valence-electron chi connectivity index (χ3n) is 3.84. The van der Waals surface area contributed by atoms with E-state index in [2.05, 4.69) is 12.2 Å². The molecule has 4 atom stereocenters. The maximum absolute atomic E-state index is 9.79. The summed E-state index contributed by atoms with van der Waals surface area (Å²) in [5.74, 6) is 0.843. The van der Waals surface area contributed by atoms with Gasteiger partial charge in [-0.1, -0.05) is 13.3 Å². The molecule has 0 bridgehead atoms. The monoisotopic (exact) mass is 257 g/mol. The highest BCUT2D eigenvalue weighted by molar-refractivity contribution is 4.92. The van der Waals surface area contributed by atoms with Crippen molar-refractivity contribution in [3.63, 3.8) is 0 Å². The number of aliphatic hydroxyl groups is 1. The van der Waals surface area contributed by atoms with Crippen molar-refractivity contribution in [3.05, 3.63) is 0 Å². The van der Waals surface area contributed by atoms with Crippen LogP contribution in [0.5, 0.6) is 0 Å². The molecule has 0 aromatic carbocycles. The van der Waals surface area contributed by atoms with Crippen LogP contribution in [0.1, 0.15) is 39.0 Å². The highest BCUT2D eigenvalue weighted by Gasteiger charge is 2.35. The van der Waals surface area contributed by atoms with Crippen LogP contribution < -0.4 is 5.32 Å². The van der Waals surface area contributed by atoms with E-state index in [1.165, 1.54) is 19.3 Å². The van der Waals surface area contributed by atoms with Crippen LogP contribution in [0.3, 0.4) is 0 Å². The Morgan fingerprint density at radius 1 is 1.50 bits per heavy atom. The van der Waals surface area contributed by atoms with E-state index in [1.54, 1.807) is 0 Å². The second-order valence-electron chi connectivity index (χ2n) is 5.63. The highest BCUT2D eigenvalue weighted by Crippen LogP contribution is 2.34. The maximum atomic E-state index is 9.79. The predicted octanol–water partition coefficient (Wildman–Crippen LogP) is 1.32. The molecule has 0 aromatic heterocycles. The summed E-state index contributed by atoms with van der Waals surface area (Å²) in [6.07, 6.45) is 5.93. The summed E-state index contributed by atoms with van der Waals surface area (Å²) in [4.78, 5) is 0. The lowest BCUT2D eigenvalue weighted by molar-refractivity contribution is -0.0165. The zero-order valence-electron chi connectivity index (χ0n) is 11.4. The zero-order chi connectivity index (χ0) is 12.8. The number of ether oxygens (including phenoxy) is 2. The molecule has 1 saturated carbocycles. The Labute approximate surface area is 110 Å². The van der Waals surface area contributed by atoms with E-state index in [0.29, 0.717) is 25.8 Å². The van der Waals surface area contributed by atoms with E-state index in [1.807, 2.05) is 0 Å². The number of nitrogens with one attached hydrogen (secondary N) is 1. The third-order valence-corrected chi connectivity index (χ3v) is 3.84. The SMILES string of the molecule is CCCC1CC1NCC(O)COCC1CCCO1. The molecule has 0 radical (unpaired) electrons. The van der Waals surface area contributed by atoms with Gasteiger partial charge in [0.25, 0.3) is 0 Å². The van der Waals surface area contributed by atoms with Gasteiger partial charge in [-0.2, -0.15) is 0 Å². The molecule has 4 nitrogen and oxygen atoms in total. The van der Waals surface area contributed by atoms with E-state index >= 15 is 0 Å². The van der Waals surface area contributed by atoms with Gasteiger partial charge in [-0.25, -0.2) is 0 Å². The maximum Gasteiger partial charge on any atom is 0.0897 e. The molecule has 0 spiro atoms. The van der Waals surface area contributed by atoms with E-state index < -0.39 is 6.10 Å². The van der Waals surface area contributed by atoms with Gasteiger partial charge in [-0.15, -0.1) is 0 Å². The molecule has 1 aliphatic heterocycles. The van der Waals surface area contributed by atoms with Gasteiger partial charge >= 0.3 is 0 Å². The van der Waals surface area contributed by atoms with Gasteiger partial charge in [0.05, 0.1) is 25.4 Å². The lowest BCUT2D eigenvalue weighted by atomic mass is 10.2. The summed E-state index contributed by atoms with van der Waals surface area (Å²) in [5.41, 5.74) is 0. The molecule has 4 heteroatoms. The highest BCUT2D eigenvalue weighted by atomic mass is 16.5. The first-order valence-corrected chi connectivity index (χ1v) is 7.40. The third kappa shape index (κ3) is 4.84. The topological polar surface area (TPSA) is 50.7 Å². The van der Waals surface area contributed by atoms with E-state index in [4.69, 9.17) is 9.47 Å². The lowest BCUT2D eigenvalue weighted by Gasteiger charge is -2.14. The van der Waals surface area contributed by atoms with Crippen molar-refractivity contribution in [3.8, 4) is 0 Å². The molecule has 106 valence electrons. The van der Waals surface area contributed by atoms with Gasteiger partial charge in [-0.05, 0) is 31.6 Å². The fraction of sp³-hybridized carbons (Fsp3) is 1.00. The van der Waals surface area contributed by atoms with Crippen molar-refractivity contribution >= 4 is 0 Å². The summed E-state index contributed by atoms with van der Waals surface area (Å²) in [6, 6.07) is 0.637. The summed E-state index contributed by atoms with van der Waals surface area (Å²) >= 11 is 0. The van der Waals surface area contributed by atoms with Gasteiger partial charge in [-0.3, -0.25) is 0 Å². The summed E-state index contributed by atoms with van der Waals surface area (Å²) in [7, 11) is 0. The van der Waals surface area contributed by atoms with E-state index in [0.717, 1.165) is 25.4 Å². The molecule has 18 heavy (non-hydrogen) atoms. The Kier molecular flexibility index (Phi) is 5.89. The normalized spacial score (nSPS) is 32.7. The van der Waals surface area contributed by atoms with Crippen LogP contribution in [0, 0.1) is 5.92 Å². The number of rotatable bonds is 9. The number of aliphatic hydroxyl groups excluding tert-OH is 1. The van der Waals surface area contributed by atoms with Crippen LogP contribution in [-0.2, 0) is 9.47 Å². The van der Waals surface area contributed by atoms with Gasteiger partial charge in [0, 0.05) is 19.2 Å². The van der Waals surface area contributed by atoms with E-state index in [-0.39, 0.29) is 6.10 Å². The van der Waals surface area contributed by atoms with Crippen molar-refractivity contribution in [2.24, 2.45) is 5.92 Å². The Morgan fingerprint density at radius 2 is 2.39 bits per heavy atom. The molecular weight excluding hydrogens is 230 g/mol. The number of hydrogen-bond acceptors (Lipinski definition) is 4. The summed E-state index contributed by atoms with van der Waals surface area (Å²) in [5, 5.41) is 13.2. The first kappa shape index (κ1) is 14.3. The van der Waals surface area contributed by atoms with Crippen LogP contribution >= 0.6 is 0 Å². The van der Waals surface area contributed by atoms with Gasteiger partial charge in [0.1, 0.15) is 0 Å². The molecule has 1 aliphatic carbocycles. The molecular formula is C14H27NO3. The quantitative estimate of drug-likeness (QED) is 0.654. The first-order valence-electron chi connectivity index (χ1n) is 7.40.